The highest BCUT2D eigenvalue weighted by molar-refractivity contribution is 5.97. The van der Waals surface area contributed by atoms with Gasteiger partial charge in [-0.15, -0.1) is 0 Å². The fourth-order valence-corrected chi connectivity index (χ4v) is 3.00. The number of hydrogen-bond acceptors (Lipinski definition) is 5. The normalized spacial score (nSPS) is 15.8. The van der Waals surface area contributed by atoms with Crippen molar-refractivity contribution >= 4 is 23.8 Å². The summed E-state index contributed by atoms with van der Waals surface area (Å²) in [6, 6.07) is 4.64. The predicted octanol–water partition coefficient (Wildman–Crippen LogP) is 2.23. The first kappa shape index (κ1) is 23.3. The molecule has 0 bridgehead atoms. The number of amides is 4. The van der Waals surface area contributed by atoms with Crippen LogP contribution in [0.25, 0.3) is 0 Å². The van der Waals surface area contributed by atoms with Crippen molar-refractivity contribution in [1.29, 1.82) is 0 Å². The van der Waals surface area contributed by atoms with Crippen molar-refractivity contribution in [2.24, 2.45) is 5.92 Å². The Balaban J connectivity index is 1.80. The molecule has 0 aromatic heterocycles. The quantitative estimate of drug-likeness (QED) is 0.726. The smallest absolute Gasteiger partial charge is 0.321 e. The highest BCUT2D eigenvalue weighted by Crippen LogP contribution is 2.21. The molecule has 9 heteroatoms. The van der Waals surface area contributed by atoms with Gasteiger partial charge in [0.1, 0.15) is 5.82 Å². The summed E-state index contributed by atoms with van der Waals surface area (Å²) in [5, 5.41) is 4.73. The highest BCUT2D eigenvalue weighted by Gasteiger charge is 2.31. The largest absolute Gasteiger partial charge is 0.452 e. The second-order valence-corrected chi connectivity index (χ2v) is 8.35. The van der Waals surface area contributed by atoms with Crippen LogP contribution in [0.1, 0.15) is 50.9 Å². The molecular weight excluding hydrogens is 393 g/mol. The summed E-state index contributed by atoms with van der Waals surface area (Å²) >= 11 is 0. The predicted molar refractivity (Wildman–Crippen MR) is 107 cm³/mol. The van der Waals surface area contributed by atoms with E-state index >= 15 is 0 Å². The first-order chi connectivity index (χ1) is 14.0. The zero-order chi connectivity index (χ0) is 22.5. The number of hydrogen-bond donors (Lipinski definition) is 2. The fraction of sp³-hybridized carbons (Fsp3) is 0.524. The second kappa shape index (κ2) is 9.69. The molecule has 1 atom stereocenters. The molecular formula is C21H28FN3O5. The maximum atomic E-state index is 13.0. The van der Waals surface area contributed by atoms with Crippen LogP contribution in [0, 0.1) is 11.7 Å². The van der Waals surface area contributed by atoms with E-state index in [0.717, 1.165) is 0 Å². The van der Waals surface area contributed by atoms with Crippen LogP contribution >= 0.6 is 0 Å². The molecule has 0 radical (unpaired) electrons. The van der Waals surface area contributed by atoms with Crippen molar-refractivity contribution in [2.45, 2.75) is 52.2 Å². The number of nitrogens with zero attached hydrogens (tertiary/aromatic N) is 1. The van der Waals surface area contributed by atoms with Crippen LogP contribution in [0.3, 0.4) is 0 Å². The number of likely N-dealkylation sites (tertiary alicyclic amines) is 1. The Morgan fingerprint density at radius 1 is 1.10 bits per heavy atom. The first-order valence-electron chi connectivity index (χ1n) is 9.84. The van der Waals surface area contributed by atoms with Gasteiger partial charge in [-0.2, -0.15) is 0 Å². The highest BCUT2D eigenvalue weighted by atomic mass is 19.1. The standard InChI is InChI=1S/C21H28FN3O5/c1-13(17(26)23-20(29)24-21(2,3)4)30-19(28)15-9-11-25(12-10-15)18(27)14-5-7-16(22)8-6-14/h5-8,13,15H,9-12H2,1-4H3,(H2,23,24,26,29)/t13-/m0/s1. The summed E-state index contributed by atoms with van der Waals surface area (Å²) < 4.78 is 18.2. The molecule has 1 heterocycles. The molecule has 0 saturated carbocycles. The minimum absolute atomic E-state index is 0.223. The molecule has 1 aliphatic heterocycles. The van der Waals surface area contributed by atoms with Gasteiger partial charge in [-0.3, -0.25) is 19.7 Å². The maximum absolute atomic E-state index is 13.0. The van der Waals surface area contributed by atoms with Crippen LogP contribution in [0.2, 0.25) is 0 Å². The van der Waals surface area contributed by atoms with Gasteiger partial charge >= 0.3 is 12.0 Å². The van der Waals surface area contributed by atoms with Crippen LogP contribution in [0.5, 0.6) is 0 Å². The number of rotatable bonds is 4. The van der Waals surface area contributed by atoms with Crippen LogP contribution in [-0.4, -0.2) is 53.4 Å². The lowest BCUT2D eigenvalue weighted by atomic mass is 9.96. The molecule has 30 heavy (non-hydrogen) atoms. The number of imide groups is 1. The molecule has 4 amide bonds. The lowest BCUT2D eigenvalue weighted by molar-refractivity contribution is -0.159. The molecule has 2 rings (SSSR count). The van der Waals surface area contributed by atoms with E-state index in [1.165, 1.54) is 31.2 Å². The Kier molecular flexibility index (Phi) is 7.53. The number of piperidine rings is 1. The molecule has 1 saturated heterocycles. The van der Waals surface area contributed by atoms with E-state index < -0.39 is 41.3 Å². The summed E-state index contributed by atoms with van der Waals surface area (Å²) in [4.78, 5) is 50.2. The van der Waals surface area contributed by atoms with Gasteiger partial charge in [-0.05, 0) is 64.8 Å². The van der Waals surface area contributed by atoms with Crippen LogP contribution in [0.15, 0.2) is 24.3 Å². The van der Waals surface area contributed by atoms with Crippen molar-refractivity contribution in [3.8, 4) is 0 Å². The number of halogens is 1. The Morgan fingerprint density at radius 2 is 1.67 bits per heavy atom. The summed E-state index contributed by atoms with van der Waals surface area (Å²) in [6.07, 6.45) is -0.336. The van der Waals surface area contributed by atoms with Crippen molar-refractivity contribution in [3.63, 3.8) is 0 Å². The average Bonchev–Trinajstić information content (AvgIpc) is 2.66. The zero-order valence-corrected chi connectivity index (χ0v) is 17.7. The minimum Gasteiger partial charge on any atom is -0.452 e. The number of esters is 1. The number of carbonyl (C=O) groups excluding carboxylic acids is 4. The van der Waals surface area contributed by atoms with Gasteiger partial charge in [-0.25, -0.2) is 9.18 Å². The van der Waals surface area contributed by atoms with Crippen molar-refractivity contribution < 1.29 is 28.3 Å². The monoisotopic (exact) mass is 421 g/mol. The first-order valence-corrected chi connectivity index (χ1v) is 9.84. The Labute approximate surface area is 175 Å². The fourth-order valence-electron chi connectivity index (χ4n) is 3.00. The molecule has 1 aromatic rings. The molecule has 0 aliphatic carbocycles. The molecule has 0 unspecified atom stereocenters. The number of benzene rings is 1. The van der Waals surface area contributed by atoms with Gasteiger partial charge < -0.3 is 15.0 Å². The summed E-state index contributed by atoms with van der Waals surface area (Å²) in [5.74, 6) is -2.33. The third-order valence-electron chi connectivity index (χ3n) is 4.59. The van der Waals surface area contributed by atoms with E-state index in [1.54, 1.807) is 25.7 Å². The van der Waals surface area contributed by atoms with Crippen LogP contribution < -0.4 is 10.6 Å². The Morgan fingerprint density at radius 3 is 2.20 bits per heavy atom. The van der Waals surface area contributed by atoms with E-state index in [2.05, 4.69) is 10.6 Å². The van der Waals surface area contributed by atoms with Gasteiger partial charge in [0.15, 0.2) is 6.10 Å². The van der Waals surface area contributed by atoms with E-state index in [9.17, 15) is 23.6 Å². The maximum Gasteiger partial charge on any atom is 0.321 e. The average molecular weight is 421 g/mol. The van der Waals surface area contributed by atoms with E-state index in [4.69, 9.17) is 4.74 Å². The summed E-state index contributed by atoms with van der Waals surface area (Å²) in [6.45, 7) is 7.41. The number of urea groups is 1. The Hall–Kier alpha value is -2.97. The van der Waals surface area contributed by atoms with Gasteiger partial charge in [-0.1, -0.05) is 0 Å². The van der Waals surface area contributed by atoms with E-state index in [-0.39, 0.29) is 5.91 Å². The molecule has 1 fully saturated rings. The lowest BCUT2D eigenvalue weighted by Gasteiger charge is -2.31. The topological polar surface area (TPSA) is 105 Å². The molecule has 1 aliphatic rings. The second-order valence-electron chi connectivity index (χ2n) is 8.35. The van der Waals surface area contributed by atoms with Gasteiger partial charge in [0.2, 0.25) is 0 Å². The molecule has 0 spiro atoms. The molecule has 2 N–H and O–H groups in total. The lowest BCUT2D eigenvalue weighted by Crippen LogP contribution is -2.51. The van der Waals surface area contributed by atoms with Gasteiger partial charge in [0, 0.05) is 24.2 Å². The Bertz CT molecular complexity index is 796. The SMILES string of the molecule is C[C@H](OC(=O)C1CCN(C(=O)c2ccc(F)cc2)CC1)C(=O)NC(=O)NC(C)(C)C. The van der Waals surface area contributed by atoms with E-state index in [0.29, 0.717) is 31.5 Å². The number of nitrogens with one attached hydrogen (secondary N) is 2. The van der Waals surface area contributed by atoms with Crippen LogP contribution in [0.4, 0.5) is 9.18 Å². The van der Waals surface area contributed by atoms with Gasteiger partial charge in [0.25, 0.3) is 11.8 Å². The van der Waals surface area contributed by atoms with E-state index in [1.807, 2.05) is 0 Å². The molecule has 1 aromatic carbocycles. The van der Waals surface area contributed by atoms with Crippen molar-refractivity contribution in [3.05, 3.63) is 35.6 Å². The number of ether oxygens (including phenoxy) is 1. The third kappa shape index (κ3) is 6.82. The number of carbonyl (C=O) groups is 4. The summed E-state index contributed by atoms with van der Waals surface area (Å²) in [7, 11) is 0. The molecule has 164 valence electrons. The third-order valence-corrected chi connectivity index (χ3v) is 4.59. The molecule has 8 nitrogen and oxygen atoms in total. The summed E-state index contributed by atoms with van der Waals surface area (Å²) in [5.41, 5.74) is -0.125. The minimum atomic E-state index is -1.12. The van der Waals surface area contributed by atoms with Crippen LogP contribution in [-0.2, 0) is 14.3 Å². The van der Waals surface area contributed by atoms with Gasteiger partial charge in [0.05, 0.1) is 5.92 Å². The zero-order valence-electron chi connectivity index (χ0n) is 17.7. The van der Waals surface area contributed by atoms with Crippen molar-refractivity contribution in [1.82, 2.24) is 15.5 Å². The van der Waals surface area contributed by atoms with Crippen molar-refractivity contribution in [2.75, 3.05) is 13.1 Å².